The predicted octanol–water partition coefficient (Wildman–Crippen LogP) is 4.22. The van der Waals surface area contributed by atoms with Gasteiger partial charge in [-0.3, -0.25) is 14.5 Å². The van der Waals surface area contributed by atoms with Crippen LogP contribution >= 0.6 is 11.3 Å². The number of para-hydroxylation sites is 1. The summed E-state index contributed by atoms with van der Waals surface area (Å²) in [7, 11) is 0. The lowest BCUT2D eigenvalue weighted by atomic mass is 10.0. The lowest BCUT2D eigenvalue weighted by Crippen LogP contribution is -2.44. The number of amides is 1. The number of benzene rings is 2. The van der Waals surface area contributed by atoms with Crippen LogP contribution in [0.15, 0.2) is 60.0 Å². The standard InChI is InChI=1S/C25H28N4O2S/c1-18-17-32-25(26-18)29-14-8-13-28(15-16-29)19(2)24(31)27-22-12-7-6-11-21(22)23(30)20-9-4-3-5-10-20/h3-7,9-12,17,19H,8,13-16H2,1-2H3,(H,27,31). The number of ketones is 1. The Morgan fingerprint density at radius 1 is 1.00 bits per heavy atom. The molecule has 0 aliphatic carbocycles. The Kier molecular flexibility index (Phi) is 6.97. The summed E-state index contributed by atoms with van der Waals surface area (Å²) in [5.41, 5.74) is 2.70. The van der Waals surface area contributed by atoms with E-state index in [0.717, 1.165) is 43.4 Å². The van der Waals surface area contributed by atoms with Crippen molar-refractivity contribution >= 4 is 33.8 Å². The quantitative estimate of drug-likeness (QED) is 0.572. The van der Waals surface area contributed by atoms with Crippen molar-refractivity contribution in [3.05, 3.63) is 76.8 Å². The van der Waals surface area contributed by atoms with Gasteiger partial charge >= 0.3 is 0 Å². The molecule has 1 unspecified atom stereocenters. The minimum absolute atomic E-state index is 0.0988. The molecule has 1 amide bonds. The van der Waals surface area contributed by atoms with E-state index in [0.29, 0.717) is 16.8 Å². The molecular weight excluding hydrogens is 420 g/mol. The molecule has 2 heterocycles. The summed E-state index contributed by atoms with van der Waals surface area (Å²) in [5.74, 6) is -0.199. The Morgan fingerprint density at radius 3 is 2.50 bits per heavy atom. The third kappa shape index (κ3) is 5.06. The van der Waals surface area contributed by atoms with Crippen molar-refractivity contribution in [1.29, 1.82) is 0 Å². The first kappa shape index (κ1) is 22.2. The Balaban J connectivity index is 1.42. The van der Waals surface area contributed by atoms with Gasteiger partial charge in [0.15, 0.2) is 10.9 Å². The number of carbonyl (C=O) groups excluding carboxylic acids is 2. The van der Waals surface area contributed by atoms with Crippen molar-refractivity contribution in [1.82, 2.24) is 9.88 Å². The fourth-order valence-corrected chi connectivity index (χ4v) is 4.80. The fraction of sp³-hybridized carbons (Fsp3) is 0.320. The molecule has 1 atom stereocenters. The van der Waals surface area contributed by atoms with E-state index in [2.05, 4.69) is 25.5 Å². The molecule has 4 rings (SSSR count). The zero-order valence-corrected chi connectivity index (χ0v) is 19.3. The maximum Gasteiger partial charge on any atom is 0.241 e. The lowest BCUT2D eigenvalue weighted by molar-refractivity contribution is -0.120. The van der Waals surface area contributed by atoms with E-state index in [9.17, 15) is 9.59 Å². The highest BCUT2D eigenvalue weighted by molar-refractivity contribution is 7.13. The first-order valence-corrected chi connectivity index (χ1v) is 11.8. The van der Waals surface area contributed by atoms with Crippen LogP contribution in [0.3, 0.4) is 0 Å². The monoisotopic (exact) mass is 448 g/mol. The molecule has 0 saturated carbocycles. The minimum atomic E-state index is -0.298. The van der Waals surface area contributed by atoms with Gasteiger partial charge in [-0.2, -0.15) is 0 Å². The van der Waals surface area contributed by atoms with Crippen molar-refractivity contribution in [3.8, 4) is 0 Å². The predicted molar refractivity (Wildman–Crippen MR) is 130 cm³/mol. The maximum atomic E-state index is 13.1. The van der Waals surface area contributed by atoms with Gasteiger partial charge in [0, 0.05) is 42.7 Å². The first-order valence-electron chi connectivity index (χ1n) is 10.9. The molecular formula is C25H28N4O2S. The highest BCUT2D eigenvalue weighted by Gasteiger charge is 2.26. The molecule has 0 spiro atoms. The molecule has 2 aromatic carbocycles. The van der Waals surface area contributed by atoms with E-state index < -0.39 is 0 Å². The number of carbonyl (C=O) groups is 2. The van der Waals surface area contributed by atoms with Crippen LogP contribution in [0.1, 0.15) is 35.0 Å². The molecule has 1 saturated heterocycles. The van der Waals surface area contributed by atoms with Gasteiger partial charge in [0.2, 0.25) is 5.91 Å². The SMILES string of the molecule is Cc1csc(N2CCCN(C(C)C(=O)Nc3ccccc3C(=O)c3ccccc3)CC2)n1. The summed E-state index contributed by atoms with van der Waals surface area (Å²) < 4.78 is 0. The number of rotatable bonds is 6. The number of aryl methyl sites for hydroxylation is 1. The average molecular weight is 449 g/mol. The molecule has 32 heavy (non-hydrogen) atoms. The van der Waals surface area contributed by atoms with E-state index in [-0.39, 0.29) is 17.7 Å². The van der Waals surface area contributed by atoms with Gasteiger partial charge in [0.05, 0.1) is 17.4 Å². The molecule has 6 nitrogen and oxygen atoms in total. The van der Waals surface area contributed by atoms with Crippen LogP contribution < -0.4 is 10.2 Å². The minimum Gasteiger partial charge on any atom is -0.347 e. The highest BCUT2D eigenvalue weighted by Crippen LogP contribution is 2.23. The normalized spacial score (nSPS) is 15.8. The first-order chi connectivity index (χ1) is 15.5. The summed E-state index contributed by atoms with van der Waals surface area (Å²) in [6, 6.07) is 16.0. The summed E-state index contributed by atoms with van der Waals surface area (Å²) in [4.78, 5) is 35.2. The van der Waals surface area contributed by atoms with Gasteiger partial charge in [-0.1, -0.05) is 42.5 Å². The van der Waals surface area contributed by atoms with Crippen molar-refractivity contribution < 1.29 is 9.59 Å². The molecule has 1 N–H and O–H groups in total. The van der Waals surface area contributed by atoms with E-state index >= 15 is 0 Å². The summed E-state index contributed by atoms with van der Waals surface area (Å²) >= 11 is 1.67. The van der Waals surface area contributed by atoms with Gasteiger partial charge in [0.1, 0.15) is 0 Å². The Hall–Kier alpha value is -3.03. The largest absolute Gasteiger partial charge is 0.347 e. The maximum absolute atomic E-state index is 13.1. The van der Waals surface area contributed by atoms with E-state index in [1.54, 1.807) is 35.6 Å². The van der Waals surface area contributed by atoms with Gasteiger partial charge in [0.25, 0.3) is 0 Å². The topological polar surface area (TPSA) is 65.5 Å². The molecule has 0 bridgehead atoms. The number of anilines is 2. The third-order valence-corrected chi connectivity index (χ3v) is 6.82. The van der Waals surface area contributed by atoms with Crippen LogP contribution in [0.5, 0.6) is 0 Å². The molecule has 166 valence electrons. The lowest BCUT2D eigenvalue weighted by Gasteiger charge is -2.27. The van der Waals surface area contributed by atoms with E-state index in [4.69, 9.17) is 0 Å². The van der Waals surface area contributed by atoms with E-state index in [1.807, 2.05) is 44.2 Å². The smallest absolute Gasteiger partial charge is 0.241 e. The number of hydrogen-bond acceptors (Lipinski definition) is 6. The van der Waals surface area contributed by atoms with Crippen LogP contribution in [-0.2, 0) is 4.79 Å². The van der Waals surface area contributed by atoms with Crippen molar-refractivity contribution in [2.75, 3.05) is 36.4 Å². The van der Waals surface area contributed by atoms with Crippen LogP contribution in [0.25, 0.3) is 0 Å². The second-order valence-corrected chi connectivity index (χ2v) is 8.89. The number of nitrogens with zero attached hydrogens (tertiary/aromatic N) is 3. The van der Waals surface area contributed by atoms with Gasteiger partial charge in [-0.15, -0.1) is 11.3 Å². The fourth-order valence-electron chi connectivity index (χ4n) is 3.94. The Bertz CT molecular complexity index is 1080. The molecule has 7 heteroatoms. The van der Waals surface area contributed by atoms with Crippen LogP contribution in [0.2, 0.25) is 0 Å². The highest BCUT2D eigenvalue weighted by atomic mass is 32.1. The molecule has 0 radical (unpaired) electrons. The number of aromatic nitrogens is 1. The van der Waals surface area contributed by atoms with Crippen LogP contribution in [-0.4, -0.2) is 53.8 Å². The molecule has 3 aromatic rings. The van der Waals surface area contributed by atoms with Crippen molar-refractivity contribution in [2.45, 2.75) is 26.3 Å². The summed E-state index contributed by atoms with van der Waals surface area (Å²) in [6.45, 7) is 7.36. The molecule has 1 aliphatic rings. The van der Waals surface area contributed by atoms with Crippen LogP contribution in [0, 0.1) is 6.92 Å². The average Bonchev–Trinajstić information content (AvgIpc) is 3.10. The number of hydrogen-bond donors (Lipinski definition) is 1. The molecule has 1 fully saturated rings. The number of nitrogens with one attached hydrogen (secondary N) is 1. The zero-order valence-electron chi connectivity index (χ0n) is 18.5. The van der Waals surface area contributed by atoms with Gasteiger partial charge in [-0.05, 0) is 32.4 Å². The Morgan fingerprint density at radius 2 is 1.75 bits per heavy atom. The molecule has 1 aliphatic heterocycles. The third-order valence-electron chi connectivity index (χ3n) is 5.80. The van der Waals surface area contributed by atoms with Crippen molar-refractivity contribution in [2.24, 2.45) is 0 Å². The second kappa shape index (κ2) is 10.1. The van der Waals surface area contributed by atoms with Gasteiger partial charge < -0.3 is 10.2 Å². The second-order valence-electron chi connectivity index (χ2n) is 8.05. The Labute approximate surface area is 192 Å². The van der Waals surface area contributed by atoms with E-state index in [1.165, 1.54) is 0 Å². The molecule has 1 aromatic heterocycles. The number of thiazole rings is 1. The van der Waals surface area contributed by atoms with Gasteiger partial charge in [-0.25, -0.2) is 4.98 Å². The van der Waals surface area contributed by atoms with Crippen LogP contribution in [0.4, 0.5) is 10.8 Å². The zero-order chi connectivity index (χ0) is 22.5. The summed E-state index contributed by atoms with van der Waals surface area (Å²) in [5, 5.41) is 6.12. The summed E-state index contributed by atoms with van der Waals surface area (Å²) in [6.07, 6.45) is 0.972. The van der Waals surface area contributed by atoms with Crippen molar-refractivity contribution in [3.63, 3.8) is 0 Å².